The minimum Gasteiger partial charge on any atom is -0.462 e. The predicted molar refractivity (Wildman–Crippen MR) is 152 cm³/mol. The highest BCUT2D eigenvalue weighted by Gasteiger charge is 2.43. The van der Waals surface area contributed by atoms with Crippen molar-refractivity contribution in [2.24, 2.45) is 23.7 Å². The molecule has 8 heteroatoms. The van der Waals surface area contributed by atoms with Gasteiger partial charge < -0.3 is 29.3 Å². The molecule has 8 nitrogen and oxygen atoms in total. The van der Waals surface area contributed by atoms with E-state index in [-0.39, 0.29) is 48.2 Å². The van der Waals surface area contributed by atoms with Gasteiger partial charge in [-0.3, -0.25) is 9.59 Å². The summed E-state index contributed by atoms with van der Waals surface area (Å²) in [6.07, 6.45) is 4.02. The number of likely N-dealkylation sites (N-methyl/N-ethyl adjacent to an activating group) is 1. The van der Waals surface area contributed by atoms with Crippen molar-refractivity contribution in [1.29, 1.82) is 0 Å². The van der Waals surface area contributed by atoms with Crippen LogP contribution in [0.4, 0.5) is 0 Å². The summed E-state index contributed by atoms with van der Waals surface area (Å²) in [7, 11) is 3.84. The fourth-order valence-electron chi connectivity index (χ4n) is 5.89. The lowest BCUT2D eigenvalue weighted by atomic mass is 9.80. The van der Waals surface area contributed by atoms with Crippen LogP contribution in [0.25, 0.3) is 0 Å². The normalized spacial score (nSPS) is 42.1. The molecular weight excluding hydrogens is 498 g/mol. The number of aliphatic hydroxyl groups excluding tert-OH is 2. The highest BCUT2D eigenvalue weighted by molar-refractivity contribution is 5.91. The monoisotopic (exact) mass is 551 g/mol. The first kappa shape index (κ1) is 33.6. The maximum atomic E-state index is 13.1. The number of cyclic esters (lactones) is 1. The molecule has 0 spiro atoms. The summed E-state index contributed by atoms with van der Waals surface area (Å²) in [5, 5.41) is 22.4. The van der Waals surface area contributed by atoms with E-state index < -0.39 is 36.5 Å². The fourth-order valence-corrected chi connectivity index (χ4v) is 5.89. The van der Waals surface area contributed by atoms with Crippen LogP contribution in [-0.4, -0.2) is 83.8 Å². The lowest BCUT2D eigenvalue weighted by Crippen LogP contribution is -2.56. The molecule has 0 radical (unpaired) electrons. The van der Waals surface area contributed by atoms with Crippen LogP contribution in [0.1, 0.15) is 80.6 Å². The van der Waals surface area contributed by atoms with E-state index in [1.807, 2.05) is 79.6 Å². The number of hydrogen-bond acceptors (Lipinski definition) is 8. The summed E-state index contributed by atoms with van der Waals surface area (Å²) in [4.78, 5) is 28.0. The van der Waals surface area contributed by atoms with Gasteiger partial charge in [-0.2, -0.15) is 0 Å². The molecule has 11 atom stereocenters. The Morgan fingerprint density at radius 1 is 1.03 bits per heavy atom. The van der Waals surface area contributed by atoms with Crippen molar-refractivity contribution in [2.45, 2.75) is 123 Å². The summed E-state index contributed by atoms with van der Waals surface area (Å²) in [6.45, 7) is 13.6. The van der Waals surface area contributed by atoms with E-state index in [2.05, 4.69) is 0 Å². The van der Waals surface area contributed by atoms with E-state index in [1.54, 1.807) is 6.08 Å². The zero-order valence-corrected chi connectivity index (χ0v) is 25.5. The van der Waals surface area contributed by atoms with E-state index in [9.17, 15) is 19.8 Å². The number of aliphatic hydroxyl groups is 2. The van der Waals surface area contributed by atoms with Crippen LogP contribution < -0.4 is 0 Å². The van der Waals surface area contributed by atoms with Gasteiger partial charge in [0.1, 0.15) is 12.2 Å². The zero-order valence-electron chi connectivity index (χ0n) is 25.5. The first-order chi connectivity index (χ1) is 18.3. The zero-order chi connectivity index (χ0) is 29.4. The van der Waals surface area contributed by atoms with Crippen LogP contribution in [0.15, 0.2) is 23.8 Å². The van der Waals surface area contributed by atoms with Gasteiger partial charge in [-0.05, 0) is 59.2 Å². The van der Waals surface area contributed by atoms with Gasteiger partial charge in [-0.1, -0.05) is 58.8 Å². The van der Waals surface area contributed by atoms with Gasteiger partial charge in [0.2, 0.25) is 0 Å². The number of allylic oxidation sites excluding steroid dienone is 3. The molecule has 0 aromatic heterocycles. The van der Waals surface area contributed by atoms with E-state index in [1.165, 1.54) is 0 Å². The second-order valence-corrected chi connectivity index (χ2v) is 12.1. The third-order valence-electron chi connectivity index (χ3n) is 8.51. The second kappa shape index (κ2) is 15.4. The Kier molecular flexibility index (Phi) is 13.3. The highest BCUT2D eigenvalue weighted by atomic mass is 16.7. The first-order valence-corrected chi connectivity index (χ1v) is 14.7. The Hall–Kier alpha value is -1.58. The van der Waals surface area contributed by atoms with Crippen molar-refractivity contribution in [3.05, 3.63) is 23.8 Å². The van der Waals surface area contributed by atoms with Gasteiger partial charge >= 0.3 is 5.97 Å². The minimum absolute atomic E-state index is 0.0293. The maximum Gasteiger partial charge on any atom is 0.308 e. The van der Waals surface area contributed by atoms with Crippen molar-refractivity contribution in [3.63, 3.8) is 0 Å². The molecule has 1 fully saturated rings. The first-order valence-electron chi connectivity index (χ1n) is 14.7. The average molecular weight is 552 g/mol. The summed E-state index contributed by atoms with van der Waals surface area (Å²) in [6, 6.07) is -0.143. The Labute approximate surface area is 235 Å². The second-order valence-electron chi connectivity index (χ2n) is 12.1. The van der Waals surface area contributed by atoms with Crippen molar-refractivity contribution in [1.82, 2.24) is 4.90 Å². The number of ketones is 1. The van der Waals surface area contributed by atoms with Gasteiger partial charge in [-0.15, -0.1) is 0 Å². The third kappa shape index (κ3) is 9.49. The lowest BCUT2D eigenvalue weighted by molar-refractivity contribution is -0.283. The quantitative estimate of drug-likeness (QED) is 0.488. The van der Waals surface area contributed by atoms with Crippen molar-refractivity contribution < 1.29 is 34.0 Å². The molecule has 2 aliphatic rings. The molecule has 2 N–H and O–H groups in total. The lowest BCUT2D eigenvalue weighted by Gasteiger charge is -2.44. The molecule has 0 aliphatic carbocycles. The van der Waals surface area contributed by atoms with Gasteiger partial charge in [0, 0.05) is 23.8 Å². The SMILES string of the molecule is CCC1C[C@@H](C)C(=O)/C=C/C(C)=C/[C@H](C)[C@@H](CC)OC(=O)C[C@@H](O)[C@H](C)[C@H]1O[C@@H]1O[C@H](C)C[C@H](N(C)C)[C@H]1O. The molecule has 2 aliphatic heterocycles. The summed E-state index contributed by atoms with van der Waals surface area (Å²) < 4.78 is 18.4. The van der Waals surface area contributed by atoms with Crippen LogP contribution in [0.2, 0.25) is 0 Å². The molecule has 0 amide bonds. The van der Waals surface area contributed by atoms with Crippen molar-refractivity contribution >= 4 is 11.8 Å². The van der Waals surface area contributed by atoms with Crippen LogP contribution in [0, 0.1) is 23.7 Å². The molecule has 1 unspecified atom stereocenters. The Morgan fingerprint density at radius 2 is 1.69 bits per heavy atom. The van der Waals surface area contributed by atoms with Crippen LogP contribution >= 0.6 is 0 Å². The Bertz CT molecular complexity index is 856. The molecule has 1 saturated heterocycles. The van der Waals surface area contributed by atoms with Crippen LogP contribution in [-0.2, 0) is 23.8 Å². The minimum atomic E-state index is -1.02. The molecule has 39 heavy (non-hydrogen) atoms. The molecular formula is C31H53NO7. The van der Waals surface area contributed by atoms with Gasteiger partial charge in [0.25, 0.3) is 0 Å². The molecule has 0 aromatic carbocycles. The van der Waals surface area contributed by atoms with E-state index in [0.29, 0.717) is 25.7 Å². The molecule has 224 valence electrons. The van der Waals surface area contributed by atoms with E-state index in [4.69, 9.17) is 14.2 Å². The third-order valence-corrected chi connectivity index (χ3v) is 8.51. The number of carbonyl (C=O) groups is 2. The summed E-state index contributed by atoms with van der Waals surface area (Å²) in [5.41, 5.74) is 0.930. The standard InChI is InChI=1S/C31H53NO7/c1-10-23-15-19(4)25(33)13-12-18(3)14-20(5)27(11-2)38-28(35)17-26(34)22(7)30(23)39-31-29(36)24(32(8)9)16-21(6)37-31/h12-14,19-24,26-27,29-31,34,36H,10-11,15-17H2,1-9H3/b13-12+,18-14+/t19-,20+,21-,22+,23?,24+,26-,27-,29-,30-,31+/m1/s1. The Morgan fingerprint density at radius 3 is 2.28 bits per heavy atom. The largest absolute Gasteiger partial charge is 0.462 e. The molecule has 0 saturated carbocycles. The average Bonchev–Trinajstić information content (AvgIpc) is 2.87. The number of esters is 1. The fraction of sp³-hybridized carbons (Fsp3) is 0.806. The summed E-state index contributed by atoms with van der Waals surface area (Å²) >= 11 is 0. The van der Waals surface area contributed by atoms with Crippen molar-refractivity contribution in [2.75, 3.05) is 14.1 Å². The predicted octanol–water partition coefficient (Wildman–Crippen LogP) is 4.28. The molecule has 0 aromatic rings. The molecule has 0 bridgehead atoms. The molecule has 2 heterocycles. The van der Waals surface area contributed by atoms with Crippen molar-refractivity contribution in [3.8, 4) is 0 Å². The number of rotatable bonds is 5. The topological polar surface area (TPSA) is 106 Å². The number of nitrogens with zero attached hydrogens (tertiary/aromatic N) is 1. The summed E-state index contributed by atoms with van der Waals surface area (Å²) in [5.74, 6) is -1.32. The van der Waals surface area contributed by atoms with E-state index in [0.717, 1.165) is 5.57 Å². The molecule has 2 rings (SSSR count). The highest BCUT2D eigenvalue weighted by Crippen LogP contribution is 2.34. The Balaban J connectivity index is 2.43. The smallest absolute Gasteiger partial charge is 0.308 e. The number of ether oxygens (including phenoxy) is 3. The van der Waals surface area contributed by atoms with E-state index >= 15 is 0 Å². The van der Waals surface area contributed by atoms with Gasteiger partial charge in [0.05, 0.1) is 24.7 Å². The van der Waals surface area contributed by atoms with Crippen LogP contribution in [0.5, 0.6) is 0 Å². The number of carbonyl (C=O) groups excluding carboxylic acids is 2. The maximum absolute atomic E-state index is 13.1. The van der Waals surface area contributed by atoms with Gasteiger partial charge in [-0.25, -0.2) is 0 Å². The number of hydrogen-bond donors (Lipinski definition) is 2. The van der Waals surface area contributed by atoms with Crippen LogP contribution in [0.3, 0.4) is 0 Å². The van der Waals surface area contributed by atoms with Gasteiger partial charge in [0.15, 0.2) is 12.1 Å².